The molecule has 1 aromatic carbocycles. The highest BCUT2D eigenvalue weighted by Crippen LogP contribution is 2.20. The normalized spacial score (nSPS) is 15.7. The van der Waals surface area contributed by atoms with Gasteiger partial charge in [0.1, 0.15) is 0 Å². The Morgan fingerprint density at radius 3 is 2.89 bits per heavy atom. The van der Waals surface area contributed by atoms with Crippen LogP contribution in [0.15, 0.2) is 47.5 Å². The van der Waals surface area contributed by atoms with Gasteiger partial charge in [-0.2, -0.15) is 5.10 Å². The molecular weight excluding hydrogens is 382 g/mol. The number of hydrogen-bond acceptors (Lipinski definition) is 5. The first-order valence-electron chi connectivity index (χ1n) is 8.89. The minimum absolute atomic E-state index is 0.0174. The van der Waals surface area contributed by atoms with Gasteiger partial charge in [-0.15, -0.1) is 11.3 Å². The zero-order valence-electron chi connectivity index (χ0n) is 14.8. The van der Waals surface area contributed by atoms with Crippen molar-refractivity contribution in [1.82, 2.24) is 24.6 Å². The first kappa shape index (κ1) is 18.2. The predicted octanol–water partition coefficient (Wildman–Crippen LogP) is 3.33. The van der Waals surface area contributed by atoms with Crippen LogP contribution in [0.1, 0.15) is 22.5 Å². The van der Waals surface area contributed by atoms with Crippen LogP contribution >= 0.6 is 22.9 Å². The van der Waals surface area contributed by atoms with Gasteiger partial charge in [-0.25, -0.2) is 9.67 Å². The second kappa shape index (κ2) is 8.21. The van der Waals surface area contributed by atoms with Crippen LogP contribution in [0.25, 0.3) is 5.69 Å². The van der Waals surface area contributed by atoms with Crippen LogP contribution in [0.2, 0.25) is 5.02 Å². The zero-order chi connectivity index (χ0) is 18.6. The van der Waals surface area contributed by atoms with Gasteiger partial charge < -0.3 is 4.90 Å². The Kier molecular flexibility index (Phi) is 5.52. The number of hydrogen-bond donors (Lipinski definition) is 0. The van der Waals surface area contributed by atoms with Gasteiger partial charge in [-0.1, -0.05) is 23.7 Å². The molecule has 0 unspecified atom stereocenters. The molecular formula is C19H20ClN5OS. The number of halogens is 1. The Hall–Kier alpha value is -2.22. The molecule has 0 saturated carbocycles. The Labute approximate surface area is 167 Å². The van der Waals surface area contributed by atoms with Gasteiger partial charge in [0.25, 0.3) is 5.91 Å². The Morgan fingerprint density at radius 2 is 2.07 bits per heavy atom. The summed E-state index contributed by atoms with van der Waals surface area (Å²) in [5, 5.41) is 7.00. The van der Waals surface area contributed by atoms with Gasteiger partial charge in [-0.3, -0.25) is 9.69 Å². The quantitative estimate of drug-likeness (QED) is 0.672. The second-order valence-electron chi connectivity index (χ2n) is 6.53. The number of aromatic nitrogens is 3. The van der Waals surface area contributed by atoms with E-state index in [0.29, 0.717) is 17.1 Å². The van der Waals surface area contributed by atoms with Crippen LogP contribution in [-0.2, 0) is 6.54 Å². The summed E-state index contributed by atoms with van der Waals surface area (Å²) in [6.45, 7) is 4.13. The summed E-state index contributed by atoms with van der Waals surface area (Å²) < 4.78 is 1.65. The molecule has 0 spiro atoms. The summed E-state index contributed by atoms with van der Waals surface area (Å²) in [7, 11) is 0. The van der Waals surface area contributed by atoms with Crippen LogP contribution in [-0.4, -0.2) is 56.7 Å². The van der Waals surface area contributed by atoms with Crippen molar-refractivity contribution in [3.63, 3.8) is 0 Å². The molecule has 1 aliphatic heterocycles. The summed E-state index contributed by atoms with van der Waals surface area (Å²) in [6.07, 6.45) is 4.32. The molecule has 3 aromatic rings. The smallest absolute Gasteiger partial charge is 0.257 e. The van der Waals surface area contributed by atoms with Crippen LogP contribution < -0.4 is 0 Å². The molecule has 140 valence electrons. The topological polar surface area (TPSA) is 54.3 Å². The fraction of sp³-hybridized carbons (Fsp3) is 0.316. The highest BCUT2D eigenvalue weighted by Gasteiger charge is 2.22. The van der Waals surface area contributed by atoms with E-state index in [4.69, 9.17) is 11.6 Å². The lowest BCUT2D eigenvalue weighted by Gasteiger charge is -2.21. The molecule has 3 heterocycles. The third-order valence-electron chi connectivity index (χ3n) is 4.67. The number of carbonyl (C=O) groups is 1. The molecule has 4 rings (SSSR count). The van der Waals surface area contributed by atoms with E-state index in [2.05, 4.69) is 20.4 Å². The SMILES string of the molecule is O=C(c1cnn(-c2ccccc2Cl)c1)N1CCCN(Cc2cscn2)CC1. The molecule has 0 atom stereocenters. The maximum atomic E-state index is 12.9. The molecule has 0 aliphatic carbocycles. The van der Waals surface area contributed by atoms with Crippen LogP contribution in [0, 0.1) is 0 Å². The Balaban J connectivity index is 1.42. The molecule has 1 amide bonds. The number of amides is 1. The van der Waals surface area contributed by atoms with Crippen molar-refractivity contribution in [1.29, 1.82) is 0 Å². The number of thiazole rings is 1. The van der Waals surface area contributed by atoms with Gasteiger partial charge in [0.2, 0.25) is 0 Å². The number of benzene rings is 1. The van der Waals surface area contributed by atoms with Gasteiger partial charge in [0.15, 0.2) is 0 Å². The lowest BCUT2D eigenvalue weighted by molar-refractivity contribution is 0.0761. The summed E-state index contributed by atoms with van der Waals surface area (Å²) in [4.78, 5) is 21.5. The monoisotopic (exact) mass is 401 g/mol. The maximum Gasteiger partial charge on any atom is 0.257 e. The fourth-order valence-electron chi connectivity index (χ4n) is 3.26. The zero-order valence-corrected chi connectivity index (χ0v) is 16.4. The fourth-order valence-corrected chi connectivity index (χ4v) is 4.03. The van der Waals surface area contributed by atoms with Crippen molar-refractivity contribution in [2.24, 2.45) is 0 Å². The van der Waals surface area contributed by atoms with Crippen LogP contribution in [0.4, 0.5) is 0 Å². The van der Waals surface area contributed by atoms with Crippen molar-refractivity contribution >= 4 is 28.8 Å². The number of nitrogens with zero attached hydrogens (tertiary/aromatic N) is 5. The summed E-state index contributed by atoms with van der Waals surface area (Å²) in [5.41, 5.74) is 4.31. The van der Waals surface area contributed by atoms with Crippen molar-refractivity contribution in [2.75, 3.05) is 26.2 Å². The molecule has 8 heteroatoms. The third-order valence-corrected chi connectivity index (χ3v) is 5.63. The van der Waals surface area contributed by atoms with Crippen LogP contribution in [0.3, 0.4) is 0 Å². The number of carbonyl (C=O) groups excluding carboxylic acids is 1. The highest BCUT2D eigenvalue weighted by atomic mass is 35.5. The van der Waals surface area contributed by atoms with E-state index in [9.17, 15) is 4.79 Å². The largest absolute Gasteiger partial charge is 0.337 e. The van der Waals surface area contributed by atoms with Gasteiger partial charge in [0.05, 0.1) is 33.7 Å². The molecule has 27 heavy (non-hydrogen) atoms. The maximum absolute atomic E-state index is 12.9. The van der Waals surface area contributed by atoms with Crippen molar-refractivity contribution < 1.29 is 4.79 Å². The number of rotatable bonds is 4. The van der Waals surface area contributed by atoms with E-state index in [-0.39, 0.29) is 5.91 Å². The molecule has 1 aliphatic rings. The number of para-hydroxylation sites is 1. The van der Waals surface area contributed by atoms with E-state index < -0.39 is 0 Å². The second-order valence-corrected chi connectivity index (χ2v) is 7.65. The summed E-state index contributed by atoms with van der Waals surface area (Å²) in [5.74, 6) is 0.0174. The Bertz CT molecular complexity index is 910. The molecule has 0 radical (unpaired) electrons. The molecule has 1 fully saturated rings. The first-order chi connectivity index (χ1) is 13.2. The molecule has 6 nitrogen and oxygen atoms in total. The average Bonchev–Trinajstić information content (AvgIpc) is 3.31. The predicted molar refractivity (Wildman–Crippen MR) is 106 cm³/mol. The first-order valence-corrected chi connectivity index (χ1v) is 10.2. The van der Waals surface area contributed by atoms with Gasteiger partial charge >= 0.3 is 0 Å². The van der Waals surface area contributed by atoms with Crippen LogP contribution in [0.5, 0.6) is 0 Å². The molecule has 1 saturated heterocycles. The summed E-state index contributed by atoms with van der Waals surface area (Å²) in [6, 6.07) is 7.46. The highest BCUT2D eigenvalue weighted by molar-refractivity contribution is 7.07. The lowest BCUT2D eigenvalue weighted by atomic mass is 10.3. The molecule has 0 bridgehead atoms. The van der Waals surface area contributed by atoms with Crippen molar-refractivity contribution in [2.45, 2.75) is 13.0 Å². The molecule has 2 aromatic heterocycles. The lowest BCUT2D eigenvalue weighted by Crippen LogP contribution is -2.35. The van der Waals surface area contributed by atoms with E-state index in [1.807, 2.05) is 34.7 Å². The minimum atomic E-state index is 0.0174. The van der Waals surface area contributed by atoms with E-state index in [1.165, 1.54) is 0 Å². The van der Waals surface area contributed by atoms with E-state index >= 15 is 0 Å². The van der Waals surface area contributed by atoms with Gasteiger partial charge in [-0.05, 0) is 18.6 Å². The van der Waals surface area contributed by atoms with Crippen molar-refractivity contribution in [3.05, 3.63) is 63.8 Å². The minimum Gasteiger partial charge on any atom is -0.337 e. The summed E-state index contributed by atoms with van der Waals surface area (Å²) >= 11 is 7.84. The third kappa shape index (κ3) is 4.21. The van der Waals surface area contributed by atoms with E-state index in [0.717, 1.165) is 44.0 Å². The standard InChI is InChI=1S/C19H20ClN5OS/c20-17-4-1-2-5-18(17)25-11-15(10-22-25)19(26)24-7-3-6-23(8-9-24)12-16-13-27-14-21-16/h1-2,4-5,10-11,13-14H,3,6-9,12H2. The molecule has 0 N–H and O–H groups in total. The van der Waals surface area contributed by atoms with Gasteiger partial charge in [0, 0.05) is 44.3 Å². The van der Waals surface area contributed by atoms with E-state index in [1.54, 1.807) is 28.4 Å². The Morgan fingerprint density at radius 1 is 1.19 bits per heavy atom. The average molecular weight is 402 g/mol. The van der Waals surface area contributed by atoms with Crippen molar-refractivity contribution in [3.8, 4) is 5.69 Å².